The second kappa shape index (κ2) is 9.77. The molecular weight excluding hydrogens is 390 g/mol. The van der Waals surface area contributed by atoms with Gasteiger partial charge in [-0.25, -0.2) is 0 Å². The largest absolute Gasteiger partial charge is 0.357 e. The monoisotopic (exact) mass is 421 g/mol. The van der Waals surface area contributed by atoms with Gasteiger partial charge < -0.3 is 16.0 Å². The van der Waals surface area contributed by atoms with Gasteiger partial charge in [0.1, 0.15) is 11.6 Å². The average molecular weight is 422 g/mol. The summed E-state index contributed by atoms with van der Waals surface area (Å²) >= 11 is 0. The molecule has 2 aromatic rings. The summed E-state index contributed by atoms with van der Waals surface area (Å²) in [6.07, 6.45) is 2.27. The molecule has 0 saturated carbocycles. The summed E-state index contributed by atoms with van der Waals surface area (Å²) in [5, 5.41) is 8.56. The molecule has 2 atom stereocenters. The first kappa shape index (κ1) is 22.5. The number of carbonyl (C=O) groups is 3. The molecule has 0 saturated heterocycles. The highest BCUT2D eigenvalue weighted by atomic mass is 16.2. The number of nitrogens with one attached hydrogen (secondary N) is 3. The Balaban J connectivity index is 1.88. The molecule has 1 aliphatic rings. The van der Waals surface area contributed by atoms with Gasteiger partial charge in [0.05, 0.1) is 0 Å². The first-order valence-corrected chi connectivity index (χ1v) is 10.8. The normalized spacial score (nSPS) is 18.4. The predicted octanol–water partition coefficient (Wildman–Crippen LogP) is 2.22. The van der Waals surface area contributed by atoms with Gasteiger partial charge in [-0.2, -0.15) is 0 Å². The Morgan fingerprint density at radius 2 is 1.81 bits per heavy atom. The Labute approximate surface area is 183 Å². The number of fused-ring (bicyclic) bond motifs is 1. The Bertz CT molecular complexity index is 958. The molecule has 2 aromatic carbocycles. The first-order chi connectivity index (χ1) is 14.9. The van der Waals surface area contributed by atoms with Crippen molar-refractivity contribution in [2.45, 2.75) is 57.5 Å². The zero-order chi connectivity index (χ0) is 22.4. The first-order valence-electron chi connectivity index (χ1n) is 10.8. The van der Waals surface area contributed by atoms with E-state index >= 15 is 0 Å². The summed E-state index contributed by atoms with van der Waals surface area (Å²) in [6.45, 7) is 3.84. The number of hydrogen-bond acceptors (Lipinski definition) is 3. The highest BCUT2D eigenvalue weighted by Crippen LogP contribution is 2.31. The number of carbonyl (C=O) groups excluding carboxylic acids is 3. The van der Waals surface area contributed by atoms with E-state index in [4.69, 9.17) is 0 Å². The molecule has 0 aromatic heterocycles. The number of rotatable bonds is 7. The maximum absolute atomic E-state index is 13.6. The molecule has 1 aliphatic carbocycles. The zero-order valence-electron chi connectivity index (χ0n) is 18.5. The fraction of sp³-hybridized carbons (Fsp3) is 0.400. The van der Waals surface area contributed by atoms with Gasteiger partial charge in [-0.05, 0) is 42.0 Å². The summed E-state index contributed by atoms with van der Waals surface area (Å²) in [5.41, 5.74) is 3.38. The van der Waals surface area contributed by atoms with Gasteiger partial charge in [0.25, 0.3) is 0 Å². The lowest BCUT2D eigenvalue weighted by atomic mass is 9.75. The third-order valence-electron chi connectivity index (χ3n) is 6.09. The smallest absolute Gasteiger partial charge is 0.246 e. The van der Waals surface area contributed by atoms with Crippen LogP contribution in [0.25, 0.3) is 0 Å². The minimum atomic E-state index is -1.07. The molecule has 3 N–H and O–H groups in total. The van der Waals surface area contributed by atoms with Crippen molar-refractivity contribution in [3.8, 4) is 0 Å². The lowest BCUT2D eigenvalue weighted by Gasteiger charge is -2.39. The van der Waals surface area contributed by atoms with Crippen LogP contribution in [0.15, 0.2) is 48.5 Å². The van der Waals surface area contributed by atoms with Gasteiger partial charge in [-0.3, -0.25) is 14.4 Å². The molecule has 31 heavy (non-hydrogen) atoms. The number of aryl methyl sites for hydroxylation is 1. The number of amides is 3. The predicted molar refractivity (Wildman–Crippen MR) is 121 cm³/mol. The standard InChI is InChI=1S/C25H31N3O3/c1-4-22(29)28-25(14-13-20-17(2)9-8-12-19(20)16-25)24(31)27-21(23(30)26-3)15-18-10-6-5-7-11-18/h5-12,21H,4,13-16H2,1-3H3,(H,26,30)(H,27,31)(H,28,29)/t21-,25?/m1/s1. The van der Waals surface area contributed by atoms with Crippen LogP contribution in [0, 0.1) is 6.92 Å². The topological polar surface area (TPSA) is 87.3 Å². The van der Waals surface area contributed by atoms with Crippen LogP contribution < -0.4 is 16.0 Å². The molecule has 0 aliphatic heterocycles. The minimum absolute atomic E-state index is 0.175. The van der Waals surface area contributed by atoms with Crippen LogP contribution in [0.3, 0.4) is 0 Å². The van der Waals surface area contributed by atoms with E-state index in [1.165, 1.54) is 11.1 Å². The SMILES string of the molecule is CCC(=O)NC1(C(=O)N[C@H](Cc2ccccc2)C(=O)NC)CCc2c(C)cccc2C1. The van der Waals surface area contributed by atoms with Crippen molar-refractivity contribution in [2.24, 2.45) is 0 Å². The van der Waals surface area contributed by atoms with E-state index in [-0.39, 0.29) is 17.7 Å². The average Bonchev–Trinajstić information content (AvgIpc) is 2.78. The van der Waals surface area contributed by atoms with Crippen molar-refractivity contribution in [1.29, 1.82) is 0 Å². The molecule has 0 fully saturated rings. The molecule has 6 heteroatoms. The van der Waals surface area contributed by atoms with Crippen LogP contribution in [-0.2, 0) is 33.6 Å². The maximum Gasteiger partial charge on any atom is 0.246 e. The molecule has 1 unspecified atom stereocenters. The second-order valence-corrected chi connectivity index (χ2v) is 8.20. The van der Waals surface area contributed by atoms with Gasteiger partial charge in [0.2, 0.25) is 17.7 Å². The van der Waals surface area contributed by atoms with Gasteiger partial charge >= 0.3 is 0 Å². The minimum Gasteiger partial charge on any atom is -0.357 e. The molecule has 0 radical (unpaired) electrons. The molecule has 6 nitrogen and oxygen atoms in total. The molecule has 164 valence electrons. The molecule has 0 bridgehead atoms. The van der Waals surface area contributed by atoms with Gasteiger partial charge in [0, 0.05) is 26.3 Å². The van der Waals surface area contributed by atoms with Crippen LogP contribution in [0.4, 0.5) is 0 Å². The lowest BCUT2D eigenvalue weighted by Crippen LogP contribution is -2.64. The van der Waals surface area contributed by atoms with Gasteiger partial charge in [-0.15, -0.1) is 0 Å². The van der Waals surface area contributed by atoms with E-state index in [1.54, 1.807) is 14.0 Å². The molecule has 0 heterocycles. The van der Waals surface area contributed by atoms with Crippen LogP contribution in [-0.4, -0.2) is 36.3 Å². The van der Waals surface area contributed by atoms with E-state index in [0.29, 0.717) is 32.1 Å². The van der Waals surface area contributed by atoms with Gasteiger partial charge in [0.15, 0.2) is 0 Å². The zero-order valence-corrected chi connectivity index (χ0v) is 18.5. The van der Waals surface area contributed by atoms with E-state index in [1.807, 2.05) is 42.5 Å². The number of likely N-dealkylation sites (N-methyl/N-ethyl adjacent to an activating group) is 1. The van der Waals surface area contributed by atoms with Crippen molar-refractivity contribution in [3.63, 3.8) is 0 Å². The highest BCUT2D eigenvalue weighted by molar-refractivity contribution is 5.95. The summed E-state index contributed by atoms with van der Waals surface area (Å²) < 4.78 is 0. The van der Waals surface area contributed by atoms with Crippen molar-refractivity contribution in [3.05, 3.63) is 70.8 Å². The Morgan fingerprint density at radius 3 is 2.48 bits per heavy atom. The van der Waals surface area contributed by atoms with Crippen LogP contribution >= 0.6 is 0 Å². The Morgan fingerprint density at radius 1 is 1.06 bits per heavy atom. The van der Waals surface area contributed by atoms with Crippen molar-refractivity contribution in [2.75, 3.05) is 7.05 Å². The summed E-state index contributed by atoms with van der Waals surface area (Å²) in [4.78, 5) is 38.5. The molecular formula is C25H31N3O3. The Hall–Kier alpha value is -3.15. The number of hydrogen-bond donors (Lipinski definition) is 3. The Kier molecular flexibility index (Phi) is 7.10. The van der Waals surface area contributed by atoms with Crippen molar-refractivity contribution < 1.29 is 14.4 Å². The highest BCUT2D eigenvalue weighted by Gasteiger charge is 2.43. The summed E-state index contributed by atoms with van der Waals surface area (Å²) in [5.74, 6) is -0.752. The second-order valence-electron chi connectivity index (χ2n) is 8.20. The number of benzene rings is 2. The van der Waals surface area contributed by atoms with E-state index < -0.39 is 11.6 Å². The van der Waals surface area contributed by atoms with Gasteiger partial charge in [-0.1, -0.05) is 55.5 Å². The van der Waals surface area contributed by atoms with Crippen LogP contribution in [0.5, 0.6) is 0 Å². The quantitative estimate of drug-likeness (QED) is 0.641. The third-order valence-corrected chi connectivity index (χ3v) is 6.09. The van der Waals surface area contributed by atoms with E-state index in [2.05, 4.69) is 28.9 Å². The molecule has 0 spiro atoms. The summed E-state index contributed by atoms with van der Waals surface area (Å²) in [6, 6.07) is 14.9. The molecule has 3 amide bonds. The van der Waals surface area contributed by atoms with E-state index in [0.717, 1.165) is 11.1 Å². The molecule has 3 rings (SSSR count). The van der Waals surface area contributed by atoms with Crippen LogP contribution in [0.1, 0.15) is 42.0 Å². The summed E-state index contributed by atoms with van der Waals surface area (Å²) in [7, 11) is 1.56. The fourth-order valence-corrected chi connectivity index (χ4v) is 4.28. The van der Waals surface area contributed by atoms with Crippen LogP contribution in [0.2, 0.25) is 0 Å². The van der Waals surface area contributed by atoms with Crippen molar-refractivity contribution in [1.82, 2.24) is 16.0 Å². The fourth-order valence-electron chi connectivity index (χ4n) is 4.28. The maximum atomic E-state index is 13.6. The van der Waals surface area contributed by atoms with Crippen molar-refractivity contribution >= 4 is 17.7 Å². The lowest BCUT2D eigenvalue weighted by molar-refractivity contribution is -0.136. The van der Waals surface area contributed by atoms with E-state index in [9.17, 15) is 14.4 Å². The third kappa shape index (κ3) is 5.13.